The first-order chi connectivity index (χ1) is 10.9. The van der Waals surface area contributed by atoms with E-state index in [0.29, 0.717) is 17.1 Å². The van der Waals surface area contributed by atoms with Crippen molar-refractivity contribution >= 4 is 11.4 Å². The highest BCUT2D eigenvalue weighted by atomic mass is 19.1. The molecule has 1 aromatic carbocycles. The number of aromatic nitrogens is 2. The van der Waals surface area contributed by atoms with E-state index >= 15 is 0 Å². The Bertz CT molecular complexity index is 808. The third kappa shape index (κ3) is 2.26. The van der Waals surface area contributed by atoms with Crippen LogP contribution in [0, 0.1) is 18.6 Å². The largest absolute Gasteiger partial charge is 0.254 e. The maximum Gasteiger partial charge on any atom is 0.167 e. The molecule has 0 radical (unpaired) electrons. The molecular weight excluding hydrogens is 296 g/mol. The number of aliphatic imine (C=N–C) groups is 1. The normalized spacial score (nSPS) is 15.5. The molecule has 0 spiro atoms. The standard InChI is InChI=1S/C18H19F2N3/c1-5-18(6-2)10(3)22-17-13(18)7-12(8-14(17)19)16-15(20)9-21-11(4)23-16/h7-9H,5-6H2,1-4H3. The lowest BCUT2D eigenvalue weighted by atomic mass is 9.73. The van der Waals surface area contributed by atoms with Crippen LogP contribution >= 0.6 is 0 Å². The first-order valence-electron chi connectivity index (χ1n) is 7.82. The van der Waals surface area contributed by atoms with Crippen molar-refractivity contribution in [2.45, 2.75) is 46.0 Å². The van der Waals surface area contributed by atoms with E-state index in [-0.39, 0.29) is 11.1 Å². The predicted octanol–water partition coefficient (Wildman–Crippen LogP) is 4.89. The molecule has 1 aliphatic heterocycles. The van der Waals surface area contributed by atoms with Crippen LogP contribution < -0.4 is 0 Å². The molecule has 0 saturated carbocycles. The number of fused-ring (bicyclic) bond motifs is 1. The fourth-order valence-corrected chi connectivity index (χ4v) is 3.48. The molecule has 0 saturated heterocycles. The summed E-state index contributed by atoms with van der Waals surface area (Å²) in [7, 11) is 0. The number of hydrogen-bond acceptors (Lipinski definition) is 3. The molecule has 1 aromatic heterocycles. The Hall–Kier alpha value is -2.17. The third-order valence-electron chi connectivity index (χ3n) is 4.90. The molecule has 0 unspecified atom stereocenters. The van der Waals surface area contributed by atoms with Gasteiger partial charge in [-0.15, -0.1) is 0 Å². The Morgan fingerprint density at radius 1 is 1.04 bits per heavy atom. The van der Waals surface area contributed by atoms with Gasteiger partial charge in [-0.1, -0.05) is 13.8 Å². The number of nitrogens with zero attached hydrogens (tertiary/aromatic N) is 3. The Balaban J connectivity index is 2.25. The Morgan fingerprint density at radius 3 is 2.39 bits per heavy atom. The van der Waals surface area contributed by atoms with E-state index in [1.807, 2.05) is 13.0 Å². The van der Waals surface area contributed by atoms with Gasteiger partial charge in [-0.25, -0.2) is 18.7 Å². The Labute approximate surface area is 134 Å². The summed E-state index contributed by atoms with van der Waals surface area (Å²) in [4.78, 5) is 12.4. The van der Waals surface area contributed by atoms with E-state index in [1.165, 1.54) is 6.07 Å². The number of hydrogen-bond donors (Lipinski definition) is 0. The van der Waals surface area contributed by atoms with Crippen LogP contribution in [0.15, 0.2) is 23.3 Å². The molecule has 120 valence electrons. The molecule has 0 bridgehead atoms. The monoisotopic (exact) mass is 315 g/mol. The molecule has 0 N–H and O–H groups in total. The first kappa shape index (κ1) is 15.7. The van der Waals surface area contributed by atoms with Gasteiger partial charge in [0.05, 0.1) is 6.20 Å². The highest BCUT2D eigenvalue weighted by molar-refractivity contribution is 6.00. The van der Waals surface area contributed by atoms with Crippen molar-refractivity contribution in [3.63, 3.8) is 0 Å². The van der Waals surface area contributed by atoms with Gasteiger partial charge in [0.1, 0.15) is 23.0 Å². The fourth-order valence-electron chi connectivity index (χ4n) is 3.48. The van der Waals surface area contributed by atoms with E-state index in [9.17, 15) is 8.78 Å². The van der Waals surface area contributed by atoms with Gasteiger partial charge in [0.2, 0.25) is 0 Å². The van der Waals surface area contributed by atoms with Gasteiger partial charge in [-0.05, 0) is 44.4 Å². The maximum absolute atomic E-state index is 14.6. The Morgan fingerprint density at radius 2 is 1.74 bits per heavy atom. The average Bonchev–Trinajstić information content (AvgIpc) is 2.82. The maximum atomic E-state index is 14.6. The van der Waals surface area contributed by atoms with Gasteiger partial charge in [0, 0.05) is 16.7 Å². The minimum Gasteiger partial charge on any atom is -0.254 e. The zero-order valence-electron chi connectivity index (χ0n) is 13.7. The van der Waals surface area contributed by atoms with Crippen LogP contribution in [-0.4, -0.2) is 15.7 Å². The molecule has 5 heteroatoms. The quantitative estimate of drug-likeness (QED) is 0.808. The minimum absolute atomic E-state index is 0.129. The smallest absolute Gasteiger partial charge is 0.167 e. The van der Waals surface area contributed by atoms with E-state index in [4.69, 9.17) is 0 Å². The zero-order valence-corrected chi connectivity index (χ0v) is 13.7. The van der Waals surface area contributed by atoms with Crippen molar-refractivity contribution in [1.82, 2.24) is 9.97 Å². The van der Waals surface area contributed by atoms with Crippen molar-refractivity contribution in [1.29, 1.82) is 0 Å². The van der Waals surface area contributed by atoms with Crippen LogP contribution in [0.25, 0.3) is 11.3 Å². The second kappa shape index (κ2) is 5.48. The Kier molecular flexibility index (Phi) is 3.74. The number of rotatable bonds is 3. The van der Waals surface area contributed by atoms with Crippen molar-refractivity contribution in [2.75, 3.05) is 0 Å². The predicted molar refractivity (Wildman–Crippen MR) is 87.2 cm³/mol. The molecular formula is C18H19F2N3. The zero-order chi connectivity index (χ0) is 16.8. The van der Waals surface area contributed by atoms with Gasteiger partial charge in [0.15, 0.2) is 5.82 Å². The van der Waals surface area contributed by atoms with Crippen LogP contribution in [0.4, 0.5) is 14.5 Å². The number of benzene rings is 1. The summed E-state index contributed by atoms with van der Waals surface area (Å²) in [6, 6.07) is 3.14. The van der Waals surface area contributed by atoms with Crippen LogP contribution in [0.1, 0.15) is 45.0 Å². The molecule has 23 heavy (non-hydrogen) atoms. The van der Waals surface area contributed by atoms with Gasteiger partial charge in [-0.3, -0.25) is 4.99 Å². The minimum atomic E-state index is -0.552. The summed E-state index contributed by atoms with van der Waals surface area (Å²) in [6.07, 6.45) is 2.76. The number of halogens is 2. The lowest BCUT2D eigenvalue weighted by Gasteiger charge is -2.28. The highest BCUT2D eigenvalue weighted by Crippen LogP contribution is 2.47. The van der Waals surface area contributed by atoms with E-state index in [2.05, 4.69) is 28.8 Å². The summed E-state index contributed by atoms with van der Waals surface area (Å²) >= 11 is 0. The second-order valence-corrected chi connectivity index (χ2v) is 5.95. The van der Waals surface area contributed by atoms with Gasteiger partial charge in [0.25, 0.3) is 0 Å². The van der Waals surface area contributed by atoms with Crippen LogP contribution in [-0.2, 0) is 5.41 Å². The van der Waals surface area contributed by atoms with E-state index in [0.717, 1.165) is 30.3 Å². The molecule has 3 rings (SSSR count). The summed E-state index contributed by atoms with van der Waals surface area (Å²) in [5.41, 5.74) is 2.38. The molecule has 0 aliphatic carbocycles. The van der Waals surface area contributed by atoms with Crippen molar-refractivity contribution in [3.05, 3.63) is 41.4 Å². The van der Waals surface area contributed by atoms with Crippen molar-refractivity contribution < 1.29 is 8.78 Å². The molecule has 2 heterocycles. The molecule has 0 atom stereocenters. The van der Waals surface area contributed by atoms with Gasteiger partial charge >= 0.3 is 0 Å². The lowest BCUT2D eigenvalue weighted by molar-refractivity contribution is 0.539. The van der Waals surface area contributed by atoms with E-state index < -0.39 is 11.6 Å². The third-order valence-corrected chi connectivity index (χ3v) is 4.90. The lowest BCUT2D eigenvalue weighted by Crippen LogP contribution is -2.29. The van der Waals surface area contributed by atoms with Crippen LogP contribution in [0.3, 0.4) is 0 Å². The van der Waals surface area contributed by atoms with Crippen molar-refractivity contribution in [3.8, 4) is 11.3 Å². The highest BCUT2D eigenvalue weighted by Gasteiger charge is 2.40. The molecule has 0 amide bonds. The van der Waals surface area contributed by atoms with Crippen LogP contribution in [0.5, 0.6) is 0 Å². The fraction of sp³-hybridized carbons (Fsp3) is 0.389. The van der Waals surface area contributed by atoms with Crippen molar-refractivity contribution in [2.24, 2.45) is 4.99 Å². The topological polar surface area (TPSA) is 38.1 Å². The summed E-state index contributed by atoms with van der Waals surface area (Å²) < 4.78 is 28.7. The van der Waals surface area contributed by atoms with Crippen LogP contribution in [0.2, 0.25) is 0 Å². The first-order valence-corrected chi connectivity index (χ1v) is 7.82. The summed E-state index contributed by atoms with van der Waals surface area (Å²) in [6.45, 7) is 7.75. The number of aryl methyl sites for hydroxylation is 1. The average molecular weight is 315 g/mol. The molecule has 1 aliphatic rings. The second-order valence-electron chi connectivity index (χ2n) is 5.95. The molecule has 2 aromatic rings. The SMILES string of the molecule is CCC1(CC)C(C)=Nc2c(F)cc(-c3nc(C)ncc3F)cc21. The summed E-state index contributed by atoms with van der Waals surface area (Å²) in [5.74, 6) is -0.535. The van der Waals surface area contributed by atoms with Gasteiger partial charge in [-0.2, -0.15) is 0 Å². The molecule has 0 fully saturated rings. The summed E-state index contributed by atoms with van der Waals surface area (Å²) in [5, 5.41) is 0. The molecule has 3 nitrogen and oxygen atoms in total. The van der Waals surface area contributed by atoms with E-state index in [1.54, 1.807) is 6.92 Å². The van der Waals surface area contributed by atoms with Gasteiger partial charge < -0.3 is 0 Å².